The highest BCUT2D eigenvalue weighted by molar-refractivity contribution is 7.85. The minimum atomic E-state index is -1.22. The molecule has 0 aromatic heterocycles. The Morgan fingerprint density at radius 1 is 1.44 bits per heavy atom. The van der Waals surface area contributed by atoms with E-state index in [0.29, 0.717) is 17.1 Å². The molecule has 0 radical (unpaired) electrons. The minimum Gasteiger partial charge on any atom is -0.493 e. The van der Waals surface area contributed by atoms with Crippen LogP contribution in [0.4, 0.5) is 0 Å². The highest BCUT2D eigenvalue weighted by atomic mass is 32.2. The maximum absolute atomic E-state index is 11.4. The van der Waals surface area contributed by atoms with Crippen molar-refractivity contribution in [3.8, 4) is 11.8 Å². The largest absolute Gasteiger partial charge is 0.493 e. The van der Waals surface area contributed by atoms with Crippen LogP contribution in [0.2, 0.25) is 0 Å². The summed E-state index contributed by atoms with van der Waals surface area (Å²) in [6.07, 6.45) is 0. The third-order valence-corrected chi connectivity index (χ3v) is 3.34. The summed E-state index contributed by atoms with van der Waals surface area (Å²) in [6, 6.07) is 8.67. The van der Waals surface area contributed by atoms with E-state index < -0.39 is 10.8 Å². The first-order valence-electron chi connectivity index (χ1n) is 5.34. The second kappa shape index (κ2) is 7.45. The van der Waals surface area contributed by atoms with Crippen LogP contribution in [0.1, 0.15) is 5.56 Å². The van der Waals surface area contributed by atoms with Gasteiger partial charge in [-0.3, -0.25) is 9.00 Å². The smallest absolute Gasteiger partial charge is 0.232 e. The maximum atomic E-state index is 11.4. The molecule has 0 spiro atoms. The molecule has 5 nitrogen and oxygen atoms in total. The van der Waals surface area contributed by atoms with Crippen molar-refractivity contribution in [1.29, 1.82) is 5.26 Å². The molecule has 0 fully saturated rings. The highest BCUT2D eigenvalue weighted by Crippen LogP contribution is 2.11. The van der Waals surface area contributed by atoms with Gasteiger partial charge in [0.2, 0.25) is 5.91 Å². The summed E-state index contributed by atoms with van der Waals surface area (Å²) >= 11 is 0. The topological polar surface area (TPSA) is 79.2 Å². The fraction of sp³-hybridized carbons (Fsp3) is 0.333. The summed E-state index contributed by atoms with van der Waals surface area (Å²) in [5, 5.41) is 11.0. The molecule has 0 bridgehead atoms. The Morgan fingerprint density at radius 3 is 2.67 bits per heavy atom. The Balaban J connectivity index is 2.31. The van der Waals surface area contributed by atoms with Crippen LogP contribution in [0, 0.1) is 11.3 Å². The number of hydrogen-bond acceptors (Lipinski definition) is 4. The van der Waals surface area contributed by atoms with Gasteiger partial charge in [0.25, 0.3) is 0 Å². The maximum Gasteiger partial charge on any atom is 0.232 e. The van der Waals surface area contributed by atoms with Gasteiger partial charge in [0, 0.05) is 17.8 Å². The molecular weight excluding hydrogens is 252 g/mol. The lowest BCUT2D eigenvalue weighted by atomic mass is 10.2. The molecule has 0 aliphatic rings. The summed E-state index contributed by atoms with van der Waals surface area (Å²) < 4.78 is 16.8. The molecule has 18 heavy (non-hydrogen) atoms. The van der Waals surface area contributed by atoms with Gasteiger partial charge < -0.3 is 10.1 Å². The zero-order chi connectivity index (χ0) is 13.4. The van der Waals surface area contributed by atoms with E-state index in [-0.39, 0.29) is 18.3 Å². The molecule has 96 valence electrons. The minimum absolute atomic E-state index is 0.00672. The zero-order valence-electron chi connectivity index (χ0n) is 10.0. The lowest BCUT2D eigenvalue weighted by molar-refractivity contribution is -0.118. The average Bonchev–Trinajstić information content (AvgIpc) is 2.39. The molecule has 0 saturated heterocycles. The van der Waals surface area contributed by atoms with Gasteiger partial charge in [-0.25, -0.2) is 0 Å². The van der Waals surface area contributed by atoms with Gasteiger partial charge in [-0.2, -0.15) is 5.26 Å². The second-order valence-electron chi connectivity index (χ2n) is 3.45. The first-order valence-corrected chi connectivity index (χ1v) is 6.83. The Morgan fingerprint density at radius 2 is 2.11 bits per heavy atom. The molecule has 1 rings (SSSR count). The second-order valence-corrected chi connectivity index (χ2v) is 5.02. The molecule has 6 heteroatoms. The molecule has 0 heterocycles. The lowest BCUT2D eigenvalue weighted by Crippen LogP contribution is -2.26. The van der Waals surface area contributed by atoms with Crippen molar-refractivity contribution in [2.45, 2.75) is 0 Å². The van der Waals surface area contributed by atoms with Crippen LogP contribution in [0.5, 0.6) is 5.75 Å². The molecule has 1 atom stereocenters. The number of amides is 1. The normalized spacial score (nSPS) is 11.3. The Bertz CT molecular complexity index is 465. The summed E-state index contributed by atoms with van der Waals surface area (Å²) in [7, 11) is 0.288. The van der Waals surface area contributed by atoms with Gasteiger partial charge in [-0.05, 0) is 24.3 Å². The SMILES string of the molecule is CNC(=O)CS(=O)CCOc1ccc(C#N)cc1. The van der Waals surface area contributed by atoms with E-state index in [0.717, 1.165) is 0 Å². The van der Waals surface area contributed by atoms with Gasteiger partial charge in [-0.15, -0.1) is 0 Å². The van der Waals surface area contributed by atoms with Crippen molar-refractivity contribution in [2.24, 2.45) is 0 Å². The fourth-order valence-electron chi connectivity index (χ4n) is 1.17. The number of benzene rings is 1. The van der Waals surface area contributed by atoms with E-state index in [1.165, 1.54) is 7.05 Å². The van der Waals surface area contributed by atoms with Crippen LogP contribution in [0.15, 0.2) is 24.3 Å². The Labute approximate surface area is 108 Å². The number of hydrogen-bond donors (Lipinski definition) is 1. The molecule has 1 aromatic rings. The molecule has 1 aromatic carbocycles. The average molecular weight is 266 g/mol. The van der Waals surface area contributed by atoms with E-state index in [4.69, 9.17) is 10.00 Å². The van der Waals surface area contributed by atoms with E-state index in [1.54, 1.807) is 24.3 Å². The number of nitriles is 1. The number of nitrogens with one attached hydrogen (secondary N) is 1. The van der Waals surface area contributed by atoms with E-state index in [1.807, 2.05) is 6.07 Å². The highest BCUT2D eigenvalue weighted by Gasteiger charge is 2.06. The first-order chi connectivity index (χ1) is 8.65. The summed E-state index contributed by atoms with van der Waals surface area (Å²) in [5.74, 6) is 0.665. The van der Waals surface area contributed by atoms with Gasteiger partial charge in [0.15, 0.2) is 0 Å². The molecule has 0 aliphatic heterocycles. The molecule has 0 aliphatic carbocycles. The van der Waals surface area contributed by atoms with E-state index >= 15 is 0 Å². The van der Waals surface area contributed by atoms with E-state index in [9.17, 15) is 9.00 Å². The number of nitrogens with zero attached hydrogens (tertiary/aromatic N) is 1. The van der Waals surface area contributed by atoms with Crippen LogP contribution in [-0.2, 0) is 15.6 Å². The fourth-order valence-corrected chi connectivity index (χ4v) is 2.02. The van der Waals surface area contributed by atoms with Crippen molar-refractivity contribution in [2.75, 3.05) is 25.2 Å². The molecule has 1 N–H and O–H groups in total. The number of carbonyl (C=O) groups is 1. The number of ether oxygens (including phenoxy) is 1. The quantitative estimate of drug-likeness (QED) is 0.810. The van der Waals surface area contributed by atoms with Crippen LogP contribution < -0.4 is 10.1 Å². The Kier molecular flexibility index (Phi) is 5.88. The predicted octanol–water partition coefficient (Wildman–Crippen LogP) is 0.432. The summed E-state index contributed by atoms with van der Waals surface area (Å²) in [4.78, 5) is 11.0. The number of rotatable bonds is 6. The zero-order valence-corrected chi connectivity index (χ0v) is 10.8. The van der Waals surface area contributed by atoms with Crippen molar-refractivity contribution in [3.05, 3.63) is 29.8 Å². The van der Waals surface area contributed by atoms with Crippen molar-refractivity contribution in [1.82, 2.24) is 5.32 Å². The van der Waals surface area contributed by atoms with Crippen molar-refractivity contribution in [3.63, 3.8) is 0 Å². The number of carbonyl (C=O) groups excluding carboxylic acids is 1. The van der Waals surface area contributed by atoms with Crippen LogP contribution in [-0.4, -0.2) is 35.3 Å². The molecule has 1 amide bonds. The van der Waals surface area contributed by atoms with Gasteiger partial charge in [0.05, 0.1) is 24.0 Å². The molecule has 1 unspecified atom stereocenters. The van der Waals surface area contributed by atoms with Gasteiger partial charge in [-0.1, -0.05) is 0 Å². The molecule has 0 saturated carbocycles. The van der Waals surface area contributed by atoms with Crippen molar-refractivity contribution >= 4 is 16.7 Å². The predicted molar refractivity (Wildman–Crippen MR) is 68.6 cm³/mol. The summed E-state index contributed by atoms with van der Waals surface area (Å²) in [6.45, 7) is 0.273. The first kappa shape index (κ1) is 14.2. The summed E-state index contributed by atoms with van der Waals surface area (Å²) in [5.41, 5.74) is 0.561. The third kappa shape index (κ3) is 4.97. The van der Waals surface area contributed by atoms with Gasteiger partial charge >= 0.3 is 0 Å². The van der Waals surface area contributed by atoms with Crippen molar-refractivity contribution < 1.29 is 13.7 Å². The van der Waals surface area contributed by atoms with Crippen LogP contribution in [0.25, 0.3) is 0 Å². The standard InChI is InChI=1S/C12H14N2O3S/c1-14-12(15)9-18(16)7-6-17-11-4-2-10(8-13)3-5-11/h2-5H,6-7,9H2,1H3,(H,14,15). The molecular formula is C12H14N2O3S. The third-order valence-electron chi connectivity index (χ3n) is 2.13. The van der Waals surface area contributed by atoms with E-state index in [2.05, 4.69) is 5.32 Å². The van der Waals surface area contributed by atoms with Crippen LogP contribution in [0.3, 0.4) is 0 Å². The monoisotopic (exact) mass is 266 g/mol. The van der Waals surface area contributed by atoms with Crippen LogP contribution >= 0.6 is 0 Å². The lowest BCUT2D eigenvalue weighted by Gasteiger charge is -2.05. The Hall–Kier alpha value is -1.87. The van der Waals surface area contributed by atoms with Gasteiger partial charge in [0.1, 0.15) is 11.5 Å².